The predicted molar refractivity (Wildman–Crippen MR) is 110 cm³/mol. The average Bonchev–Trinajstić information content (AvgIpc) is 3.27. The highest BCUT2D eigenvalue weighted by Crippen LogP contribution is 2.17. The number of rotatable bonds is 9. The SMILES string of the molecule is CN(CC(=O)NCc1ccco1)C(=O)C[NH2+]C(c1ccccc1)c1ccccc1. The molecule has 2 amide bonds. The lowest BCUT2D eigenvalue weighted by Crippen LogP contribution is -2.87. The van der Waals surface area contributed by atoms with Crippen molar-refractivity contribution in [3.63, 3.8) is 0 Å². The number of hydrogen-bond donors (Lipinski definition) is 2. The number of amides is 2. The van der Waals surface area contributed by atoms with Gasteiger partial charge in [0.25, 0.3) is 5.91 Å². The molecule has 0 bridgehead atoms. The van der Waals surface area contributed by atoms with Crippen LogP contribution in [-0.2, 0) is 16.1 Å². The van der Waals surface area contributed by atoms with Gasteiger partial charge in [-0.25, -0.2) is 0 Å². The van der Waals surface area contributed by atoms with E-state index in [9.17, 15) is 9.59 Å². The molecule has 3 aromatic rings. The lowest BCUT2D eigenvalue weighted by Gasteiger charge is -2.19. The van der Waals surface area contributed by atoms with Gasteiger partial charge in [0.15, 0.2) is 6.54 Å². The molecule has 0 aliphatic carbocycles. The zero-order valence-electron chi connectivity index (χ0n) is 16.5. The average molecular weight is 392 g/mol. The van der Waals surface area contributed by atoms with Crippen molar-refractivity contribution in [1.82, 2.24) is 10.2 Å². The van der Waals surface area contributed by atoms with E-state index in [-0.39, 0.29) is 30.9 Å². The molecule has 0 fully saturated rings. The topological polar surface area (TPSA) is 79.2 Å². The molecule has 1 heterocycles. The molecule has 0 aliphatic heterocycles. The van der Waals surface area contributed by atoms with Crippen molar-refractivity contribution in [2.75, 3.05) is 20.1 Å². The number of hydrogen-bond acceptors (Lipinski definition) is 3. The third-order valence-corrected chi connectivity index (χ3v) is 4.69. The summed E-state index contributed by atoms with van der Waals surface area (Å²) in [6.45, 7) is 0.565. The molecule has 0 aliphatic rings. The van der Waals surface area contributed by atoms with Crippen LogP contribution in [0.5, 0.6) is 0 Å². The van der Waals surface area contributed by atoms with Gasteiger partial charge in [-0.1, -0.05) is 60.7 Å². The van der Waals surface area contributed by atoms with Crippen LogP contribution in [0.4, 0.5) is 0 Å². The van der Waals surface area contributed by atoms with Gasteiger partial charge in [0.2, 0.25) is 5.91 Å². The minimum atomic E-state index is -0.222. The van der Waals surface area contributed by atoms with E-state index in [0.29, 0.717) is 12.3 Å². The first kappa shape index (κ1) is 20.4. The number of nitrogens with two attached hydrogens (primary N) is 1. The summed E-state index contributed by atoms with van der Waals surface area (Å²) in [4.78, 5) is 26.1. The summed E-state index contributed by atoms with van der Waals surface area (Å²) in [5, 5.41) is 4.75. The Morgan fingerprint density at radius 3 is 2.14 bits per heavy atom. The third-order valence-electron chi connectivity index (χ3n) is 4.69. The van der Waals surface area contributed by atoms with Gasteiger partial charge in [-0.3, -0.25) is 9.59 Å². The van der Waals surface area contributed by atoms with E-state index in [1.807, 2.05) is 41.7 Å². The lowest BCUT2D eigenvalue weighted by atomic mass is 9.99. The number of nitrogens with zero attached hydrogens (tertiary/aromatic N) is 1. The molecule has 3 rings (SSSR count). The van der Waals surface area contributed by atoms with Crippen LogP contribution in [-0.4, -0.2) is 36.9 Å². The summed E-state index contributed by atoms with van der Waals surface area (Å²) < 4.78 is 5.19. The van der Waals surface area contributed by atoms with Crippen molar-refractivity contribution in [3.05, 3.63) is 95.9 Å². The molecule has 150 valence electrons. The van der Waals surface area contributed by atoms with Gasteiger partial charge in [-0.15, -0.1) is 0 Å². The first-order chi connectivity index (χ1) is 14.1. The van der Waals surface area contributed by atoms with Crippen LogP contribution in [0.3, 0.4) is 0 Å². The van der Waals surface area contributed by atoms with E-state index in [0.717, 1.165) is 11.1 Å². The van der Waals surface area contributed by atoms with Crippen molar-refractivity contribution in [1.29, 1.82) is 0 Å². The highest BCUT2D eigenvalue weighted by molar-refractivity contribution is 5.84. The lowest BCUT2D eigenvalue weighted by molar-refractivity contribution is -0.677. The number of quaternary nitrogens is 1. The maximum Gasteiger partial charge on any atom is 0.277 e. The molecule has 0 atom stereocenters. The molecule has 0 radical (unpaired) electrons. The fourth-order valence-electron chi connectivity index (χ4n) is 3.12. The van der Waals surface area contributed by atoms with Gasteiger partial charge in [0.05, 0.1) is 19.4 Å². The Bertz CT molecular complexity index is 856. The molecular formula is C23H26N3O3+. The first-order valence-electron chi connectivity index (χ1n) is 9.59. The van der Waals surface area contributed by atoms with Crippen LogP contribution in [0.25, 0.3) is 0 Å². The quantitative estimate of drug-likeness (QED) is 0.582. The summed E-state index contributed by atoms with van der Waals surface area (Å²) in [6.07, 6.45) is 1.56. The summed E-state index contributed by atoms with van der Waals surface area (Å²) >= 11 is 0. The van der Waals surface area contributed by atoms with E-state index in [1.165, 1.54) is 4.90 Å². The summed E-state index contributed by atoms with van der Waals surface area (Å²) in [5.41, 5.74) is 2.26. The van der Waals surface area contributed by atoms with Crippen molar-refractivity contribution >= 4 is 11.8 Å². The standard InChI is InChI=1S/C23H25N3O3/c1-26(17-21(27)24-15-20-13-8-14-29-20)22(28)16-25-23(18-9-4-2-5-10-18)19-11-6-3-7-12-19/h2-14,23,25H,15-17H2,1H3,(H,24,27)/p+1. The molecular weight excluding hydrogens is 366 g/mol. The summed E-state index contributed by atoms with van der Waals surface area (Å²) in [6, 6.07) is 23.8. The fraction of sp³-hybridized carbons (Fsp3) is 0.217. The number of benzene rings is 2. The van der Waals surface area contributed by atoms with Crippen molar-refractivity contribution in [2.24, 2.45) is 0 Å². The minimum absolute atomic E-state index is 0.00865. The van der Waals surface area contributed by atoms with E-state index >= 15 is 0 Å². The van der Waals surface area contributed by atoms with Crippen LogP contribution in [0, 0.1) is 0 Å². The zero-order valence-corrected chi connectivity index (χ0v) is 16.5. The van der Waals surface area contributed by atoms with Gasteiger partial charge in [-0.2, -0.15) is 0 Å². The van der Waals surface area contributed by atoms with E-state index in [2.05, 4.69) is 29.6 Å². The first-order valence-corrected chi connectivity index (χ1v) is 9.59. The maximum atomic E-state index is 12.6. The van der Waals surface area contributed by atoms with Crippen LogP contribution in [0.1, 0.15) is 22.9 Å². The van der Waals surface area contributed by atoms with Gasteiger partial charge in [0, 0.05) is 18.2 Å². The van der Waals surface area contributed by atoms with Crippen molar-refractivity contribution in [2.45, 2.75) is 12.6 Å². The monoisotopic (exact) mass is 392 g/mol. The molecule has 0 saturated carbocycles. The highest BCUT2D eigenvalue weighted by Gasteiger charge is 2.21. The fourth-order valence-corrected chi connectivity index (χ4v) is 3.12. The Labute approximate surface area is 170 Å². The normalized spacial score (nSPS) is 10.7. The third kappa shape index (κ3) is 6.05. The van der Waals surface area contributed by atoms with Crippen molar-refractivity contribution < 1.29 is 19.3 Å². The molecule has 0 saturated heterocycles. The summed E-state index contributed by atoms with van der Waals surface area (Å²) in [5.74, 6) is 0.351. The van der Waals surface area contributed by atoms with E-state index in [4.69, 9.17) is 4.42 Å². The molecule has 29 heavy (non-hydrogen) atoms. The van der Waals surface area contributed by atoms with Gasteiger partial charge in [0.1, 0.15) is 11.8 Å². The Balaban J connectivity index is 1.54. The van der Waals surface area contributed by atoms with Crippen LogP contribution < -0.4 is 10.6 Å². The number of carbonyl (C=O) groups excluding carboxylic acids is 2. The second-order valence-electron chi connectivity index (χ2n) is 6.84. The van der Waals surface area contributed by atoms with E-state index < -0.39 is 0 Å². The molecule has 1 aromatic heterocycles. The number of furan rings is 1. The minimum Gasteiger partial charge on any atom is -0.467 e. The Kier molecular flexibility index (Phi) is 7.19. The molecule has 0 unspecified atom stereocenters. The number of nitrogens with one attached hydrogen (secondary N) is 1. The molecule has 3 N–H and O–H groups in total. The molecule has 6 heteroatoms. The Hall–Kier alpha value is -3.38. The zero-order chi connectivity index (χ0) is 20.5. The number of carbonyl (C=O) groups is 2. The second-order valence-corrected chi connectivity index (χ2v) is 6.84. The van der Waals surface area contributed by atoms with Gasteiger partial charge < -0.3 is 20.0 Å². The Morgan fingerprint density at radius 1 is 0.966 bits per heavy atom. The predicted octanol–water partition coefficient (Wildman–Crippen LogP) is 1.71. The van der Waals surface area contributed by atoms with Crippen LogP contribution in [0.15, 0.2) is 83.5 Å². The van der Waals surface area contributed by atoms with Gasteiger partial charge in [-0.05, 0) is 12.1 Å². The molecule has 0 spiro atoms. The molecule has 2 aromatic carbocycles. The van der Waals surface area contributed by atoms with Gasteiger partial charge >= 0.3 is 0 Å². The Morgan fingerprint density at radius 2 is 1.59 bits per heavy atom. The second kappa shape index (κ2) is 10.2. The van der Waals surface area contributed by atoms with Crippen molar-refractivity contribution in [3.8, 4) is 0 Å². The summed E-state index contributed by atoms with van der Waals surface area (Å²) in [7, 11) is 1.64. The smallest absolute Gasteiger partial charge is 0.277 e. The van der Waals surface area contributed by atoms with E-state index in [1.54, 1.807) is 25.4 Å². The number of likely N-dealkylation sites (N-methyl/N-ethyl adjacent to an activating group) is 1. The van der Waals surface area contributed by atoms with Crippen LogP contribution >= 0.6 is 0 Å². The maximum absolute atomic E-state index is 12.6. The molecule has 6 nitrogen and oxygen atoms in total. The highest BCUT2D eigenvalue weighted by atomic mass is 16.3. The largest absolute Gasteiger partial charge is 0.467 e. The van der Waals surface area contributed by atoms with Crippen LogP contribution in [0.2, 0.25) is 0 Å².